The van der Waals surface area contributed by atoms with Gasteiger partial charge in [0.1, 0.15) is 17.5 Å². The van der Waals surface area contributed by atoms with Crippen molar-refractivity contribution in [1.29, 1.82) is 0 Å². The van der Waals surface area contributed by atoms with Gasteiger partial charge in [0.15, 0.2) is 6.61 Å². The smallest absolute Gasteiger partial charge is 0.261 e. The number of benzene rings is 2. The van der Waals surface area contributed by atoms with Gasteiger partial charge in [0.05, 0.1) is 7.11 Å². The van der Waals surface area contributed by atoms with Gasteiger partial charge in [-0.3, -0.25) is 9.59 Å². The fourth-order valence-electron chi connectivity index (χ4n) is 3.26. The molecule has 0 aliphatic carbocycles. The van der Waals surface area contributed by atoms with E-state index in [1.807, 2.05) is 62.4 Å². The van der Waals surface area contributed by atoms with Crippen LogP contribution in [-0.4, -0.2) is 43.0 Å². The zero-order chi connectivity index (χ0) is 22.6. The van der Waals surface area contributed by atoms with Crippen molar-refractivity contribution in [3.05, 3.63) is 59.7 Å². The molecule has 2 aromatic carbocycles. The summed E-state index contributed by atoms with van der Waals surface area (Å²) in [6.45, 7) is 6.78. The fraction of sp³-hybridized carbons (Fsp3) is 0.440. The summed E-state index contributed by atoms with van der Waals surface area (Å²) in [5, 5.41) is 2.92. The summed E-state index contributed by atoms with van der Waals surface area (Å²) in [5.41, 5.74) is 2.13. The molecule has 6 heteroatoms. The standard InChI is InChI=1S/C25H34N2O4/c1-5-16-26-25(29)23(7-3)27(17-20-10-12-21(30-4)13-11-20)24(28)18-31-22-14-8-19(6-2)9-15-22/h8-15,23H,5-7,16-18H2,1-4H3,(H,26,29)/t23-/m1/s1. The minimum Gasteiger partial charge on any atom is -0.497 e. The first kappa shape index (κ1) is 24.3. The number of hydrogen-bond acceptors (Lipinski definition) is 4. The Morgan fingerprint density at radius 1 is 0.935 bits per heavy atom. The van der Waals surface area contributed by atoms with Crippen molar-refractivity contribution < 1.29 is 19.1 Å². The first-order chi connectivity index (χ1) is 15.0. The van der Waals surface area contributed by atoms with E-state index in [0.29, 0.717) is 25.3 Å². The van der Waals surface area contributed by atoms with Crippen molar-refractivity contribution in [2.75, 3.05) is 20.3 Å². The maximum absolute atomic E-state index is 13.1. The molecule has 31 heavy (non-hydrogen) atoms. The highest BCUT2D eigenvalue weighted by Gasteiger charge is 2.28. The monoisotopic (exact) mass is 426 g/mol. The van der Waals surface area contributed by atoms with E-state index in [9.17, 15) is 9.59 Å². The van der Waals surface area contributed by atoms with Gasteiger partial charge in [-0.05, 0) is 54.7 Å². The van der Waals surface area contributed by atoms with Gasteiger partial charge in [-0.1, -0.05) is 45.0 Å². The van der Waals surface area contributed by atoms with Gasteiger partial charge in [0.2, 0.25) is 5.91 Å². The van der Waals surface area contributed by atoms with E-state index >= 15 is 0 Å². The van der Waals surface area contributed by atoms with Crippen LogP contribution in [0.4, 0.5) is 0 Å². The third kappa shape index (κ3) is 7.31. The maximum atomic E-state index is 13.1. The van der Waals surface area contributed by atoms with E-state index in [0.717, 1.165) is 24.2 Å². The lowest BCUT2D eigenvalue weighted by Crippen LogP contribution is -2.50. The predicted molar refractivity (Wildman–Crippen MR) is 122 cm³/mol. The van der Waals surface area contributed by atoms with Crippen LogP contribution in [0.15, 0.2) is 48.5 Å². The lowest BCUT2D eigenvalue weighted by Gasteiger charge is -2.30. The number of hydrogen-bond donors (Lipinski definition) is 1. The minimum absolute atomic E-state index is 0.126. The molecule has 0 bridgehead atoms. The lowest BCUT2D eigenvalue weighted by atomic mass is 10.1. The van der Waals surface area contributed by atoms with Gasteiger partial charge in [-0.25, -0.2) is 0 Å². The third-order valence-corrected chi connectivity index (χ3v) is 5.14. The van der Waals surface area contributed by atoms with Crippen molar-refractivity contribution in [1.82, 2.24) is 10.2 Å². The molecule has 2 amide bonds. The Balaban J connectivity index is 2.16. The number of carbonyl (C=O) groups excluding carboxylic acids is 2. The van der Waals surface area contributed by atoms with Gasteiger partial charge in [0, 0.05) is 13.1 Å². The Bertz CT molecular complexity index is 818. The van der Waals surface area contributed by atoms with Gasteiger partial charge in [0.25, 0.3) is 5.91 Å². The van der Waals surface area contributed by atoms with Crippen LogP contribution < -0.4 is 14.8 Å². The Hall–Kier alpha value is -3.02. The van der Waals surface area contributed by atoms with Crippen LogP contribution >= 0.6 is 0 Å². The van der Waals surface area contributed by atoms with Crippen LogP contribution in [0.3, 0.4) is 0 Å². The molecule has 0 saturated heterocycles. The molecule has 6 nitrogen and oxygen atoms in total. The Morgan fingerprint density at radius 2 is 1.55 bits per heavy atom. The maximum Gasteiger partial charge on any atom is 0.261 e. The number of rotatable bonds is 12. The second kappa shape index (κ2) is 12.6. The first-order valence-electron chi connectivity index (χ1n) is 10.9. The highest BCUT2D eigenvalue weighted by Crippen LogP contribution is 2.17. The number of methoxy groups -OCH3 is 1. The molecular formula is C25H34N2O4. The fourth-order valence-corrected chi connectivity index (χ4v) is 3.26. The van der Waals surface area contributed by atoms with E-state index in [4.69, 9.17) is 9.47 Å². The van der Waals surface area contributed by atoms with Crippen molar-refractivity contribution in [3.8, 4) is 11.5 Å². The molecule has 2 rings (SSSR count). The van der Waals surface area contributed by atoms with Crippen molar-refractivity contribution in [3.63, 3.8) is 0 Å². The van der Waals surface area contributed by atoms with E-state index in [2.05, 4.69) is 12.2 Å². The van der Waals surface area contributed by atoms with Crippen LogP contribution in [0.2, 0.25) is 0 Å². The molecule has 168 valence electrons. The molecule has 1 N–H and O–H groups in total. The van der Waals surface area contributed by atoms with Crippen molar-refractivity contribution >= 4 is 11.8 Å². The second-order valence-corrected chi connectivity index (χ2v) is 7.37. The van der Waals surface area contributed by atoms with E-state index in [-0.39, 0.29) is 18.4 Å². The molecule has 0 aliphatic rings. The van der Waals surface area contributed by atoms with Gasteiger partial charge in [-0.15, -0.1) is 0 Å². The number of nitrogens with zero attached hydrogens (tertiary/aromatic N) is 1. The summed E-state index contributed by atoms with van der Waals surface area (Å²) in [6, 6.07) is 14.6. The number of amides is 2. The lowest BCUT2D eigenvalue weighted by molar-refractivity contribution is -0.143. The van der Waals surface area contributed by atoms with Crippen molar-refractivity contribution in [2.45, 2.75) is 52.6 Å². The quantitative estimate of drug-likeness (QED) is 0.558. The van der Waals surface area contributed by atoms with Crippen LogP contribution in [-0.2, 0) is 22.6 Å². The Kier molecular flexibility index (Phi) is 9.88. The predicted octanol–water partition coefficient (Wildman–Crippen LogP) is 3.97. The van der Waals surface area contributed by atoms with E-state index in [1.165, 1.54) is 5.56 Å². The van der Waals surface area contributed by atoms with Crippen LogP contribution in [0.5, 0.6) is 11.5 Å². The molecule has 0 spiro atoms. The molecule has 0 heterocycles. The molecule has 0 aromatic heterocycles. The molecular weight excluding hydrogens is 392 g/mol. The number of carbonyl (C=O) groups is 2. The van der Waals surface area contributed by atoms with Gasteiger partial charge >= 0.3 is 0 Å². The minimum atomic E-state index is -0.563. The van der Waals surface area contributed by atoms with Crippen LogP contribution in [0, 0.1) is 0 Å². The van der Waals surface area contributed by atoms with Crippen LogP contribution in [0.25, 0.3) is 0 Å². The van der Waals surface area contributed by atoms with E-state index < -0.39 is 6.04 Å². The number of ether oxygens (including phenoxy) is 2. The summed E-state index contributed by atoms with van der Waals surface area (Å²) in [6.07, 6.45) is 2.30. The first-order valence-corrected chi connectivity index (χ1v) is 10.9. The average Bonchev–Trinajstić information content (AvgIpc) is 2.81. The molecule has 2 aromatic rings. The Morgan fingerprint density at radius 3 is 2.10 bits per heavy atom. The van der Waals surface area contributed by atoms with Gasteiger partial charge < -0.3 is 19.7 Å². The summed E-state index contributed by atoms with van der Waals surface area (Å²) in [5.74, 6) is 1.01. The molecule has 0 fully saturated rings. The summed E-state index contributed by atoms with van der Waals surface area (Å²) in [7, 11) is 1.61. The highest BCUT2D eigenvalue weighted by atomic mass is 16.5. The normalized spacial score (nSPS) is 11.5. The number of aryl methyl sites for hydroxylation is 1. The number of nitrogens with one attached hydrogen (secondary N) is 1. The summed E-state index contributed by atoms with van der Waals surface area (Å²) < 4.78 is 10.9. The average molecular weight is 427 g/mol. The Labute approximate surface area is 185 Å². The summed E-state index contributed by atoms with van der Waals surface area (Å²) in [4.78, 5) is 27.5. The summed E-state index contributed by atoms with van der Waals surface area (Å²) >= 11 is 0. The third-order valence-electron chi connectivity index (χ3n) is 5.14. The van der Waals surface area contributed by atoms with Crippen LogP contribution in [0.1, 0.15) is 44.7 Å². The largest absolute Gasteiger partial charge is 0.497 e. The molecule has 0 aliphatic heterocycles. The second-order valence-electron chi connectivity index (χ2n) is 7.37. The molecule has 0 radical (unpaired) electrons. The van der Waals surface area contributed by atoms with Gasteiger partial charge in [-0.2, -0.15) is 0 Å². The molecule has 0 unspecified atom stereocenters. The zero-order valence-corrected chi connectivity index (χ0v) is 19.0. The SMILES string of the molecule is CCCNC(=O)[C@@H](CC)N(Cc1ccc(OC)cc1)C(=O)COc1ccc(CC)cc1. The van der Waals surface area contributed by atoms with Crippen molar-refractivity contribution in [2.24, 2.45) is 0 Å². The molecule has 0 saturated carbocycles. The zero-order valence-electron chi connectivity index (χ0n) is 19.0. The highest BCUT2D eigenvalue weighted by molar-refractivity contribution is 5.88. The van der Waals surface area contributed by atoms with E-state index in [1.54, 1.807) is 12.0 Å². The molecule has 1 atom stereocenters. The topological polar surface area (TPSA) is 67.9 Å².